The molecule has 1 aliphatic carbocycles. The molecule has 0 radical (unpaired) electrons. The molecule has 1 aromatic rings. The smallest absolute Gasteiger partial charge is 0.165 e. The Bertz CT molecular complexity index is 382. The Morgan fingerprint density at radius 1 is 1.39 bits per heavy atom. The summed E-state index contributed by atoms with van der Waals surface area (Å²) >= 11 is 0. The van der Waals surface area contributed by atoms with E-state index in [2.05, 4.69) is 20.4 Å². The summed E-state index contributed by atoms with van der Waals surface area (Å²) in [6.45, 7) is 3.91. The molecule has 8 heteroatoms. The van der Waals surface area contributed by atoms with Crippen LogP contribution in [-0.4, -0.2) is 57.5 Å². The number of hydrogen-bond acceptors (Lipinski definition) is 6. The van der Waals surface area contributed by atoms with Gasteiger partial charge in [-0.3, -0.25) is 4.90 Å². The maximum Gasteiger partial charge on any atom is 0.165 e. The standard InChI is InChI=1S/C10H18N6O.ClH/c11-5-9-6-15(3-4-17-9)7-10-12-13-14-16(10)8-1-2-8;/h8-9H,1-7,11H2;1H. The maximum atomic E-state index is 5.63. The average Bonchev–Trinajstić information content (AvgIpc) is 3.11. The molecule has 0 aromatic carbocycles. The number of aromatic nitrogens is 4. The van der Waals surface area contributed by atoms with E-state index in [1.165, 1.54) is 12.8 Å². The van der Waals surface area contributed by atoms with Crippen LogP contribution >= 0.6 is 12.4 Å². The van der Waals surface area contributed by atoms with Crippen LogP contribution in [0.4, 0.5) is 0 Å². The van der Waals surface area contributed by atoms with E-state index in [9.17, 15) is 0 Å². The van der Waals surface area contributed by atoms with Crippen LogP contribution in [0, 0.1) is 0 Å². The molecule has 1 aliphatic heterocycles. The molecule has 102 valence electrons. The molecule has 0 bridgehead atoms. The molecule has 2 aliphatic rings. The van der Waals surface area contributed by atoms with Crippen LogP contribution in [0.1, 0.15) is 24.7 Å². The largest absolute Gasteiger partial charge is 0.374 e. The number of hydrogen-bond donors (Lipinski definition) is 1. The number of tetrazole rings is 1. The highest BCUT2D eigenvalue weighted by atomic mass is 35.5. The van der Waals surface area contributed by atoms with Gasteiger partial charge in [-0.15, -0.1) is 17.5 Å². The minimum Gasteiger partial charge on any atom is -0.374 e. The van der Waals surface area contributed by atoms with Crippen LogP contribution in [0.15, 0.2) is 0 Å². The first-order chi connectivity index (χ1) is 8.36. The van der Waals surface area contributed by atoms with Crippen molar-refractivity contribution in [3.63, 3.8) is 0 Å². The quantitative estimate of drug-likeness (QED) is 0.804. The molecular weight excluding hydrogens is 256 g/mol. The second kappa shape index (κ2) is 5.92. The number of rotatable bonds is 4. The maximum absolute atomic E-state index is 5.63. The van der Waals surface area contributed by atoms with Crippen molar-refractivity contribution in [3.05, 3.63) is 5.82 Å². The summed E-state index contributed by atoms with van der Waals surface area (Å²) in [5, 5.41) is 11.9. The van der Waals surface area contributed by atoms with Crippen molar-refractivity contribution in [3.8, 4) is 0 Å². The van der Waals surface area contributed by atoms with Gasteiger partial charge < -0.3 is 10.5 Å². The van der Waals surface area contributed by atoms with E-state index in [0.29, 0.717) is 12.6 Å². The van der Waals surface area contributed by atoms with Gasteiger partial charge in [0.15, 0.2) is 5.82 Å². The highest BCUT2D eigenvalue weighted by Crippen LogP contribution is 2.34. The van der Waals surface area contributed by atoms with Gasteiger partial charge in [-0.2, -0.15) is 0 Å². The van der Waals surface area contributed by atoms with Gasteiger partial charge in [0.1, 0.15) is 0 Å². The Morgan fingerprint density at radius 2 is 2.22 bits per heavy atom. The van der Waals surface area contributed by atoms with Crippen molar-refractivity contribution in [2.24, 2.45) is 5.73 Å². The molecule has 1 saturated carbocycles. The first-order valence-electron chi connectivity index (χ1n) is 6.17. The molecule has 0 amide bonds. The third-order valence-corrected chi connectivity index (χ3v) is 3.30. The van der Waals surface area contributed by atoms with E-state index in [1.54, 1.807) is 0 Å². The van der Waals surface area contributed by atoms with Crippen LogP contribution in [0.25, 0.3) is 0 Å². The summed E-state index contributed by atoms with van der Waals surface area (Å²) in [5.74, 6) is 0.963. The van der Waals surface area contributed by atoms with E-state index in [4.69, 9.17) is 10.5 Å². The Balaban J connectivity index is 0.00000120. The molecule has 2 heterocycles. The Labute approximate surface area is 112 Å². The minimum atomic E-state index is 0. The van der Waals surface area contributed by atoms with Crippen molar-refractivity contribution in [2.45, 2.75) is 31.5 Å². The molecule has 0 spiro atoms. The van der Waals surface area contributed by atoms with Gasteiger partial charge in [-0.25, -0.2) is 4.68 Å². The minimum absolute atomic E-state index is 0. The lowest BCUT2D eigenvalue weighted by Crippen LogP contribution is -2.45. The average molecular weight is 275 g/mol. The fraction of sp³-hybridized carbons (Fsp3) is 0.900. The van der Waals surface area contributed by atoms with Gasteiger partial charge in [0.25, 0.3) is 0 Å². The van der Waals surface area contributed by atoms with E-state index in [-0.39, 0.29) is 18.5 Å². The van der Waals surface area contributed by atoms with E-state index < -0.39 is 0 Å². The van der Waals surface area contributed by atoms with Crippen LogP contribution in [0.2, 0.25) is 0 Å². The second-order valence-corrected chi connectivity index (χ2v) is 4.73. The van der Waals surface area contributed by atoms with Crippen molar-refractivity contribution < 1.29 is 4.74 Å². The van der Waals surface area contributed by atoms with Crippen molar-refractivity contribution in [1.29, 1.82) is 0 Å². The van der Waals surface area contributed by atoms with Gasteiger partial charge in [0.05, 0.1) is 25.3 Å². The third-order valence-electron chi connectivity index (χ3n) is 3.30. The Kier molecular flexibility index (Phi) is 4.50. The highest BCUT2D eigenvalue weighted by Gasteiger charge is 2.29. The van der Waals surface area contributed by atoms with Gasteiger partial charge in [0.2, 0.25) is 0 Å². The van der Waals surface area contributed by atoms with E-state index >= 15 is 0 Å². The zero-order valence-corrected chi connectivity index (χ0v) is 11.1. The molecule has 1 atom stereocenters. The summed E-state index contributed by atoms with van der Waals surface area (Å²) in [7, 11) is 0. The summed E-state index contributed by atoms with van der Waals surface area (Å²) in [6.07, 6.45) is 2.55. The van der Waals surface area contributed by atoms with Crippen molar-refractivity contribution >= 4 is 12.4 Å². The SMILES string of the molecule is Cl.NCC1CN(Cc2nnnn2C2CC2)CCO1. The third kappa shape index (κ3) is 2.97. The monoisotopic (exact) mass is 274 g/mol. The summed E-state index contributed by atoms with van der Waals surface area (Å²) in [5.41, 5.74) is 5.63. The number of nitrogens with two attached hydrogens (primary N) is 1. The normalized spacial score (nSPS) is 24.8. The molecule has 2 N–H and O–H groups in total. The predicted octanol–water partition coefficient (Wildman–Crippen LogP) is -0.411. The lowest BCUT2D eigenvalue weighted by Gasteiger charge is -2.31. The molecular formula is C10H19ClN6O. The first kappa shape index (κ1) is 13.7. The molecule has 1 unspecified atom stereocenters. The fourth-order valence-corrected chi connectivity index (χ4v) is 2.19. The molecule has 1 aromatic heterocycles. The number of halogens is 1. The van der Waals surface area contributed by atoms with Crippen LogP contribution in [0.3, 0.4) is 0 Å². The number of morpholine rings is 1. The molecule has 3 rings (SSSR count). The lowest BCUT2D eigenvalue weighted by molar-refractivity contribution is -0.0272. The molecule has 7 nitrogen and oxygen atoms in total. The van der Waals surface area contributed by atoms with Gasteiger partial charge in [0, 0.05) is 19.6 Å². The summed E-state index contributed by atoms with van der Waals surface area (Å²) < 4.78 is 7.51. The zero-order chi connectivity index (χ0) is 11.7. The zero-order valence-electron chi connectivity index (χ0n) is 10.2. The van der Waals surface area contributed by atoms with E-state index in [1.807, 2.05) is 4.68 Å². The van der Waals surface area contributed by atoms with Crippen molar-refractivity contribution in [1.82, 2.24) is 25.1 Å². The van der Waals surface area contributed by atoms with Gasteiger partial charge in [-0.05, 0) is 23.3 Å². The fourth-order valence-electron chi connectivity index (χ4n) is 2.19. The number of ether oxygens (including phenoxy) is 1. The van der Waals surface area contributed by atoms with E-state index in [0.717, 1.165) is 32.1 Å². The summed E-state index contributed by atoms with van der Waals surface area (Å²) in [6, 6.07) is 0.534. The number of nitrogens with zero attached hydrogens (tertiary/aromatic N) is 5. The topological polar surface area (TPSA) is 82.1 Å². The van der Waals surface area contributed by atoms with Gasteiger partial charge >= 0.3 is 0 Å². The highest BCUT2D eigenvalue weighted by molar-refractivity contribution is 5.85. The van der Waals surface area contributed by atoms with Crippen molar-refractivity contribution in [2.75, 3.05) is 26.2 Å². The second-order valence-electron chi connectivity index (χ2n) is 4.73. The Morgan fingerprint density at radius 3 is 2.94 bits per heavy atom. The van der Waals surface area contributed by atoms with Crippen LogP contribution < -0.4 is 5.73 Å². The molecule has 2 fully saturated rings. The lowest BCUT2D eigenvalue weighted by atomic mass is 10.2. The first-order valence-corrected chi connectivity index (χ1v) is 6.17. The van der Waals surface area contributed by atoms with Crippen LogP contribution in [-0.2, 0) is 11.3 Å². The van der Waals surface area contributed by atoms with Crippen LogP contribution in [0.5, 0.6) is 0 Å². The molecule has 18 heavy (non-hydrogen) atoms. The summed E-state index contributed by atoms with van der Waals surface area (Å²) in [4.78, 5) is 2.31. The molecule has 1 saturated heterocycles. The van der Waals surface area contributed by atoms with Gasteiger partial charge in [-0.1, -0.05) is 0 Å². The predicted molar refractivity (Wildman–Crippen MR) is 67.4 cm³/mol. The Hall–Kier alpha value is -0.760.